The SMILES string of the molecule is O=C(O)C[C@@H](NC(=O)COc1ccccc1)c1ccc(F)cc1. The summed E-state index contributed by atoms with van der Waals surface area (Å²) in [5.41, 5.74) is 0.516. The average Bonchev–Trinajstić information content (AvgIpc) is 2.53. The molecule has 1 atom stereocenters. The summed E-state index contributed by atoms with van der Waals surface area (Å²) >= 11 is 0. The van der Waals surface area contributed by atoms with Gasteiger partial charge in [0.15, 0.2) is 6.61 Å². The van der Waals surface area contributed by atoms with Crippen LogP contribution < -0.4 is 10.1 Å². The van der Waals surface area contributed by atoms with E-state index in [1.807, 2.05) is 6.07 Å². The summed E-state index contributed by atoms with van der Waals surface area (Å²) in [6.45, 7) is -0.235. The van der Waals surface area contributed by atoms with Crippen LogP contribution in [0.2, 0.25) is 0 Å². The van der Waals surface area contributed by atoms with Gasteiger partial charge >= 0.3 is 5.97 Å². The first-order valence-electron chi connectivity index (χ1n) is 6.99. The monoisotopic (exact) mass is 317 g/mol. The molecule has 0 saturated carbocycles. The van der Waals surface area contributed by atoms with Crippen molar-refractivity contribution in [1.82, 2.24) is 5.32 Å². The molecule has 120 valence electrons. The van der Waals surface area contributed by atoms with Crippen molar-refractivity contribution in [2.45, 2.75) is 12.5 Å². The molecule has 0 aliphatic rings. The zero-order chi connectivity index (χ0) is 16.7. The summed E-state index contributed by atoms with van der Waals surface area (Å²) < 4.78 is 18.3. The molecule has 5 nitrogen and oxygen atoms in total. The standard InChI is InChI=1S/C17H16FNO4/c18-13-8-6-12(7-9-13)15(10-17(21)22)19-16(20)11-23-14-4-2-1-3-5-14/h1-9,15H,10-11H2,(H,19,20)(H,21,22)/t15-/m1/s1. The fourth-order valence-corrected chi connectivity index (χ4v) is 2.02. The number of nitrogens with one attached hydrogen (secondary N) is 1. The van der Waals surface area contributed by atoms with E-state index >= 15 is 0 Å². The number of para-hydroxylation sites is 1. The Morgan fingerprint density at radius 2 is 1.74 bits per heavy atom. The lowest BCUT2D eigenvalue weighted by Crippen LogP contribution is -2.33. The maximum atomic E-state index is 13.0. The van der Waals surface area contributed by atoms with Gasteiger partial charge in [-0.1, -0.05) is 30.3 Å². The van der Waals surface area contributed by atoms with Crippen molar-refractivity contribution < 1.29 is 23.8 Å². The summed E-state index contributed by atoms with van der Waals surface area (Å²) in [5.74, 6) is -1.41. The largest absolute Gasteiger partial charge is 0.484 e. The van der Waals surface area contributed by atoms with Crippen molar-refractivity contribution in [3.8, 4) is 5.75 Å². The molecule has 0 aliphatic carbocycles. The minimum atomic E-state index is -1.07. The third kappa shape index (κ3) is 5.43. The van der Waals surface area contributed by atoms with Crippen LogP contribution in [0.3, 0.4) is 0 Å². The van der Waals surface area contributed by atoms with Crippen LogP contribution in [0.4, 0.5) is 4.39 Å². The molecule has 23 heavy (non-hydrogen) atoms. The molecular formula is C17H16FNO4. The molecule has 0 saturated heterocycles. The maximum Gasteiger partial charge on any atom is 0.305 e. The van der Waals surface area contributed by atoms with Gasteiger partial charge in [0.05, 0.1) is 12.5 Å². The average molecular weight is 317 g/mol. The molecule has 2 aromatic carbocycles. The number of rotatable bonds is 7. The summed E-state index contributed by atoms with van der Waals surface area (Å²) in [6.07, 6.45) is -0.303. The molecule has 0 unspecified atom stereocenters. The molecule has 0 radical (unpaired) electrons. The van der Waals surface area contributed by atoms with Crippen LogP contribution in [-0.4, -0.2) is 23.6 Å². The van der Waals surface area contributed by atoms with Crippen LogP contribution in [0.25, 0.3) is 0 Å². The van der Waals surface area contributed by atoms with Gasteiger partial charge in [0.25, 0.3) is 5.91 Å². The lowest BCUT2D eigenvalue weighted by atomic mass is 10.0. The van der Waals surface area contributed by atoms with Crippen LogP contribution in [-0.2, 0) is 9.59 Å². The zero-order valence-corrected chi connectivity index (χ0v) is 12.2. The van der Waals surface area contributed by atoms with Gasteiger partial charge < -0.3 is 15.2 Å². The van der Waals surface area contributed by atoms with Gasteiger partial charge in [0, 0.05) is 0 Å². The molecule has 0 bridgehead atoms. The lowest BCUT2D eigenvalue weighted by molar-refractivity contribution is -0.137. The molecule has 0 aliphatic heterocycles. The van der Waals surface area contributed by atoms with Crippen molar-refractivity contribution in [3.05, 3.63) is 66.0 Å². The molecule has 2 N–H and O–H groups in total. The Bertz CT molecular complexity index is 658. The van der Waals surface area contributed by atoms with Crippen molar-refractivity contribution in [2.24, 2.45) is 0 Å². The number of aliphatic carboxylic acids is 1. The second-order valence-electron chi connectivity index (χ2n) is 4.87. The van der Waals surface area contributed by atoms with Gasteiger partial charge in [0.1, 0.15) is 11.6 Å². The molecule has 0 fully saturated rings. The topological polar surface area (TPSA) is 75.6 Å². The van der Waals surface area contributed by atoms with Crippen LogP contribution in [0.5, 0.6) is 5.75 Å². The van der Waals surface area contributed by atoms with E-state index in [4.69, 9.17) is 9.84 Å². The third-order valence-corrected chi connectivity index (χ3v) is 3.10. The number of amides is 1. The molecule has 0 aromatic heterocycles. The minimum Gasteiger partial charge on any atom is -0.484 e. The van der Waals surface area contributed by atoms with Crippen LogP contribution in [0, 0.1) is 5.82 Å². The number of carboxylic acid groups (broad SMARTS) is 1. The van der Waals surface area contributed by atoms with Gasteiger partial charge in [-0.25, -0.2) is 4.39 Å². The van der Waals surface area contributed by atoms with E-state index in [0.717, 1.165) is 0 Å². The number of carbonyl (C=O) groups excluding carboxylic acids is 1. The first kappa shape index (κ1) is 16.5. The highest BCUT2D eigenvalue weighted by atomic mass is 19.1. The highest BCUT2D eigenvalue weighted by Crippen LogP contribution is 2.17. The molecule has 6 heteroatoms. The van der Waals surface area contributed by atoms with E-state index in [1.165, 1.54) is 24.3 Å². The quantitative estimate of drug-likeness (QED) is 0.823. The molecule has 1 amide bonds. The number of hydrogen-bond acceptors (Lipinski definition) is 3. The Hall–Kier alpha value is -2.89. The van der Waals surface area contributed by atoms with E-state index < -0.39 is 23.7 Å². The lowest BCUT2D eigenvalue weighted by Gasteiger charge is -2.17. The number of hydrogen-bond donors (Lipinski definition) is 2. The number of carboxylic acids is 1. The smallest absolute Gasteiger partial charge is 0.305 e. The van der Waals surface area contributed by atoms with E-state index in [1.54, 1.807) is 24.3 Å². The number of ether oxygens (including phenoxy) is 1. The highest BCUT2D eigenvalue weighted by Gasteiger charge is 2.18. The third-order valence-electron chi connectivity index (χ3n) is 3.10. The highest BCUT2D eigenvalue weighted by molar-refractivity contribution is 5.79. The predicted molar refractivity (Wildman–Crippen MR) is 81.5 cm³/mol. The molecule has 0 heterocycles. The predicted octanol–water partition coefficient (Wildman–Crippen LogP) is 2.54. The van der Waals surface area contributed by atoms with Crippen LogP contribution in [0.1, 0.15) is 18.0 Å². The van der Waals surface area contributed by atoms with E-state index in [0.29, 0.717) is 11.3 Å². The summed E-state index contributed by atoms with van der Waals surface area (Å²) in [5, 5.41) is 11.6. The second kappa shape index (κ2) is 7.93. The molecule has 2 aromatic rings. The van der Waals surface area contributed by atoms with Gasteiger partial charge in [-0.3, -0.25) is 9.59 Å². The Kier molecular flexibility index (Phi) is 5.68. The second-order valence-corrected chi connectivity index (χ2v) is 4.87. The van der Waals surface area contributed by atoms with Crippen molar-refractivity contribution in [1.29, 1.82) is 0 Å². The van der Waals surface area contributed by atoms with Crippen molar-refractivity contribution in [2.75, 3.05) is 6.61 Å². The summed E-state index contributed by atoms with van der Waals surface area (Å²) in [6, 6.07) is 13.4. The first-order chi connectivity index (χ1) is 11.0. The Morgan fingerprint density at radius 1 is 1.09 bits per heavy atom. The fraction of sp³-hybridized carbons (Fsp3) is 0.176. The summed E-state index contributed by atoms with van der Waals surface area (Å²) in [7, 11) is 0. The van der Waals surface area contributed by atoms with E-state index in [2.05, 4.69) is 5.32 Å². The van der Waals surface area contributed by atoms with E-state index in [9.17, 15) is 14.0 Å². The Labute approximate surface area is 132 Å². The maximum absolute atomic E-state index is 13.0. The zero-order valence-electron chi connectivity index (χ0n) is 12.2. The van der Waals surface area contributed by atoms with Crippen LogP contribution >= 0.6 is 0 Å². The number of carbonyl (C=O) groups is 2. The molecule has 2 rings (SSSR count). The number of halogens is 1. The van der Waals surface area contributed by atoms with Crippen molar-refractivity contribution >= 4 is 11.9 Å². The van der Waals surface area contributed by atoms with Gasteiger partial charge in [-0.15, -0.1) is 0 Å². The van der Waals surface area contributed by atoms with E-state index in [-0.39, 0.29) is 13.0 Å². The van der Waals surface area contributed by atoms with Crippen molar-refractivity contribution in [3.63, 3.8) is 0 Å². The Morgan fingerprint density at radius 3 is 2.35 bits per heavy atom. The van der Waals surface area contributed by atoms with Gasteiger partial charge in [-0.05, 0) is 29.8 Å². The molecular weight excluding hydrogens is 301 g/mol. The van der Waals surface area contributed by atoms with Gasteiger partial charge in [0.2, 0.25) is 0 Å². The minimum absolute atomic E-state index is 0.235. The van der Waals surface area contributed by atoms with Gasteiger partial charge in [-0.2, -0.15) is 0 Å². The normalized spacial score (nSPS) is 11.5. The summed E-state index contributed by atoms with van der Waals surface area (Å²) in [4.78, 5) is 22.9. The first-order valence-corrected chi connectivity index (χ1v) is 6.99. The fourth-order valence-electron chi connectivity index (χ4n) is 2.02. The van der Waals surface area contributed by atoms with Crippen LogP contribution in [0.15, 0.2) is 54.6 Å². The Balaban J connectivity index is 1.98. The number of benzene rings is 2. The molecule has 0 spiro atoms.